The second-order valence-electron chi connectivity index (χ2n) is 9.22. The molecule has 168 valence electrons. The molecule has 1 aliphatic rings. The van der Waals surface area contributed by atoms with Crippen LogP contribution in [0.2, 0.25) is 0 Å². The average molecular weight is 440 g/mol. The van der Waals surface area contributed by atoms with Crippen LogP contribution in [0.5, 0.6) is 0 Å². The fourth-order valence-corrected chi connectivity index (χ4v) is 5.20. The smallest absolute Gasteiger partial charge is 0.231 e. The fourth-order valence-electron chi connectivity index (χ4n) is 4.26. The van der Waals surface area contributed by atoms with E-state index in [9.17, 15) is 4.79 Å². The number of rotatable bonds is 10. The third kappa shape index (κ3) is 6.14. The lowest BCUT2D eigenvalue weighted by molar-refractivity contribution is -0.149. The molecule has 0 unspecified atom stereocenters. The Morgan fingerprint density at radius 3 is 2.29 bits per heavy atom. The molecular weight excluding hydrogens is 402 g/mol. The predicted octanol–water partition coefficient (Wildman–Crippen LogP) is 6.18. The lowest BCUT2D eigenvalue weighted by Crippen LogP contribution is -2.51. The third-order valence-electron chi connectivity index (χ3n) is 6.49. The number of hydrogen-bond acceptors (Lipinski definition) is 3. The van der Waals surface area contributed by atoms with Crippen molar-refractivity contribution in [3.63, 3.8) is 0 Å². The van der Waals surface area contributed by atoms with Gasteiger partial charge in [0, 0.05) is 12.2 Å². The summed E-state index contributed by atoms with van der Waals surface area (Å²) in [5.41, 5.74) is 2.14. The van der Waals surface area contributed by atoms with Crippen molar-refractivity contribution in [1.82, 2.24) is 4.90 Å². The van der Waals surface area contributed by atoms with Crippen molar-refractivity contribution in [2.45, 2.75) is 65.0 Å². The molecule has 0 saturated carbocycles. The maximum Gasteiger partial charge on any atom is 0.231 e. The number of ether oxygens (including phenoxy) is 1. The maximum atomic E-state index is 13.9. The first-order valence-electron chi connectivity index (χ1n) is 11.5. The van der Waals surface area contributed by atoms with E-state index in [0.29, 0.717) is 12.5 Å². The molecule has 1 saturated heterocycles. The summed E-state index contributed by atoms with van der Waals surface area (Å²) >= 11 is 1.91. The van der Waals surface area contributed by atoms with E-state index in [1.165, 1.54) is 11.1 Å². The van der Waals surface area contributed by atoms with Gasteiger partial charge in [0.15, 0.2) is 0 Å². The number of nitrogens with zero attached hydrogens (tertiary/aromatic N) is 1. The molecule has 0 aromatic heterocycles. The van der Waals surface area contributed by atoms with E-state index < -0.39 is 5.41 Å². The largest absolute Gasteiger partial charge is 0.356 e. The zero-order chi connectivity index (χ0) is 22.3. The molecule has 3 nitrogen and oxygen atoms in total. The van der Waals surface area contributed by atoms with Crippen LogP contribution < -0.4 is 0 Å². The molecule has 3 rings (SSSR count). The van der Waals surface area contributed by atoms with Crippen molar-refractivity contribution < 1.29 is 9.53 Å². The SMILES string of the molecule is CC[C@@](C)(Cc1ccccc1)C(=O)N1[C@@H](C(C)C)CO[C@@H]1CCSCc1ccccc1. The van der Waals surface area contributed by atoms with Gasteiger partial charge in [-0.3, -0.25) is 4.79 Å². The minimum absolute atomic E-state index is 0.121. The van der Waals surface area contributed by atoms with Gasteiger partial charge < -0.3 is 9.64 Å². The molecule has 31 heavy (non-hydrogen) atoms. The highest BCUT2D eigenvalue weighted by Gasteiger charge is 2.45. The second-order valence-corrected chi connectivity index (χ2v) is 10.3. The van der Waals surface area contributed by atoms with Gasteiger partial charge in [0.25, 0.3) is 0 Å². The first-order chi connectivity index (χ1) is 14.9. The summed E-state index contributed by atoms with van der Waals surface area (Å²) in [5.74, 6) is 2.60. The van der Waals surface area contributed by atoms with Crippen LogP contribution in [0, 0.1) is 11.3 Å². The molecule has 1 fully saturated rings. The number of benzene rings is 2. The summed E-state index contributed by atoms with van der Waals surface area (Å²) < 4.78 is 6.19. The Hall–Kier alpha value is -1.78. The summed E-state index contributed by atoms with van der Waals surface area (Å²) in [5, 5.41) is 0. The van der Waals surface area contributed by atoms with Gasteiger partial charge in [-0.15, -0.1) is 0 Å². The lowest BCUT2D eigenvalue weighted by Gasteiger charge is -2.38. The van der Waals surface area contributed by atoms with E-state index in [2.05, 4.69) is 87.2 Å². The summed E-state index contributed by atoms with van der Waals surface area (Å²) in [6.07, 6.45) is 2.33. The van der Waals surface area contributed by atoms with Crippen LogP contribution in [-0.2, 0) is 21.7 Å². The van der Waals surface area contributed by atoms with Gasteiger partial charge in [0.05, 0.1) is 18.1 Å². The van der Waals surface area contributed by atoms with E-state index in [0.717, 1.165) is 30.8 Å². The van der Waals surface area contributed by atoms with Crippen molar-refractivity contribution in [2.75, 3.05) is 12.4 Å². The molecule has 2 aromatic rings. The van der Waals surface area contributed by atoms with Gasteiger partial charge in [-0.25, -0.2) is 0 Å². The summed E-state index contributed by atoms with van der Waals surface area (Å²) in [6.45, 7) is 9.29. The highest BCUT2D eigenvalue weighted by Crippen LogP contribution is 2.35. The van der Waals surface area contributed by atoms with Crippen LogP contribution in [0.15, 0.2) is 60.7 Å². The molecule has 0 aliphatic carbocycles. The minimum atomic E-state index is -0.419. The molecular formula is C27H37NO2S. The summed E-state index contributed by atoms with van der Waals surface area (Å²) in [6, 6.07) is 21.1. The number of carbonyl (C=O) groups excluding carboxylic acids is 1. The molecule has 0 spiro atoms. The van der Waals surface area contributed by atoms with Crippen LogP contribution in [0.1, 0.15) is 51.7 Å². The standard InChI is InChI=1S/C27H37NO2S/c1-5-27(4,18-22-12-8-6-9-13-22)26(29)28-24(21(2)3)19-30-25(28)16-17-31-20-23-14-10-7-11-15-23/h6-15,21,24-25H,5,16-20H2,1-4H3/t24-,25-,27+/m1/s1. The quantitative estimate of drug-likeness (QED) is 0.414. The molecule has 1 amide bonds. The fraction of sp³-hybridized carbons (Fsp3) is 0.519. The van der Waals surface area contributed by atoms with E-state index in [4.69, 9.17) is 4.74 Å². The Balaban J connectivity index is 1.67. The third-order valence-corrected chi connectivity index (χ3v) is 7.55. The van der Waals surface area contributed by atoms with Gasteiger partial charge in [-0.05, 0) is 35.6 Å². The molecule has 4 heteroatoms. The predicted molar refractivity (Wildman–Crippen MR) is 131 cm³/mol. The van der Waals surface area contributed by atoms with Crippen LogP contribution in [-0.4, -0.2) is 35.4 Å². The first kappa shape index (κ1) is 23.9. The monoisotopic (exact) mass is 439 g/mol. The van der Waals surface area contributed by atoms with Crippen molar-refractivity contribution in [2.24, 2.45) is 11.3 Å². The first-order valence-corrected chi connectivity index (χ1v) is 12.7. The van der Waals surface area contributed by atoms with Crippen LogP contribution in [0.25, 0.3) is 0 Å². The Kier molecular flexibility index (Phi) is 8.62. The van der Waals surface area contributed by atoms with Gasteiger partial charge >= 0.3 is 0 Å². The van der Waals surface area contributed by atoms with Crippen molar-refractivity contribution in [3.8, 4) is 0 Å². The molecule has 1 heterocycles. The second kappa shape index (κ2) is 11.2. The highest BCUT2D eigenvalue weighted by atomic mass is 32.2. The van der Waals surface area contributed by atoms with Crippen LogP contribution >= 0.6 is 11.8 Å². The molecule has 3 atom stereocenters. The van der Waals surface area contributed by atoms with Gasteiger partial charge in [0.1, 0.15) is 6.23 Å². The van der Waals surface area contributed by atoms with Crippen molar-refractivity contribution >= 4 is 17.7 Å². The highest BCUT2D eigenvalue weighted by molar-refractivity contribution is 7.98. The Bertz CT molecular complexity index is 811. The van der Waals surface area contributed by atoms with Gasteiger partial charge in [-0.2, -0.15) is 11.8 Å². The molecule has 0 radical (unpaired) electrons. The number of thioether (sulfide) groups is 1. The number of carbonyl (C=O) groups is 1. The zero-order valence-corrected chi connectivity index (χ0v) is 20.2. The number of amides is 1. The van der Waals surface area contributed by atoms with E-state index in [1.807, 2.05) is 17.8 Å². The maximum absolute atomic E-state index is 13.9. The van der Waals surface area contributed by atoms with Crippen LogP contribution in [0.3, 0.4) is 0 Å². The summed E-state index contributed by atoms with van der Waals surface area (Å²) in [4.78, 5) is 16.0. The lowest BCUT2D eigenvalue weighted by atomic mass is 9.79. The van der Waals surface area contributed by atoms with E-state index in [-0.39, 0.29) is 18.2 Å². The molecule has 0 N–H and O–H groups in total. The van der Waals surface area contributed by atoms with E-state index in [1.54, 1.807) is 0 Å². The normalized spacial score (nSPS) is 20.7. The topological polar surface area (TPSA) is 29.5 Å². The Morgan fingerprint density at radius 2 is 1.71 bits per heavy atom. The van der Waals surface area contributed by atoms with Crippen molar-refractivity contribution in [1.29, 1.82) is 0 Å². The zero-order valence-electron chi connectivity index (χ0n) is 19.4. The Morgan fingerprint density at radius 1 is 1.10 bits per heavy atom. The van der Waals surface area contributed by atoms with Crippen LogP contribution in [0.4, 0.5) is 0 Å². The minimum Gasteiger partial charge on any atom is -0.356 e. The van der Waals surface area contributed by atoms with Gasteiger partial charge in [-0.1, -0.05) is 88.4 Å². The molecule has 2 aromatic carbocycles. The van der Waals surface area contributed by atoms with Gasteiger partial charge in [0.2, 0.25) is 5.91 Å². The molecule has 1 aliphatic heterocycles. The van der Waals surface area contributed by atoms with E-state index >= 15 is 0 Å². The molecule has 0 bridgehead atoms. The summed E-state index contributed by atoms with van der Waals surface area (Å²) in [7, 11) is 0. The van der Waals surface area contributed by atoms with Crippen molar-refractivity contribution in [3.05, 3.63) is 71.8 Å². The number of hydrogen-bond donors (Lipinski definition) is 0. The average Bonchev–Trinajstić information content (AvgIpc) is 3.21. The Labute approximate surface area is 192 Å².